The fourth-order valence-electron chi connectivity index (χ4n) is 2.43. The molecule has 2 aromatic rings. The Hall–Kier alpha value is -2.64. The van der Waals surface area contributed by atoms with E-state index in [1.165, 1.54) is 13.0 Å². The molecule has 0 radical (unpaired) electrons. The molecule has 0 aromatic carbocycles. The van der Waals surface area contributed by atoms with Gasteiger partial charge in [0.05, 0.1) is 6.54 Å². The van der Waals surface area contributed by atoms with Crippen molar-refractivity contribution in [3.63, 3.8) is 0 Å². The van der Waals surface area contributed by atoms with E-state index in [1.54, 1.807) is 4.90 Å². The van der Waals surface area contributed by atoms with E-state index in [4.69, 9.17) is 9.15 Å². The molecule has 0 atom stereocenters. The van der Waals surface area contributed by atoms with Gasteiger partial charge in [0.2, 0.25) is 11.6 Å². The summed E-state index contributed by atoms with van der Waals surface area (Å²) in [5.74, 6) is -0.0426. The second-order valence-corrected chi connectivity index (χ2v) is 5.35. The predicted molar refractivity (Wildman–Crippen MR) is 88.3 cm³/mol. The number of nitrogens with one attached hydrogen (secondary N) is 1. The normalized spacial score (nSPS) is 10.8. The van der Waals surface area contributed by atoms with Gasteiger partial charge in [0.25, 0.3) is 11.6 Å². The monoisotopic (exact) mass is 335 g/mol. The summed E-state index contributed by atoms with van der Waals surface area (Å²) in [7, 11) is 0. The van der Waals surface area contributed by atoms with Gasteiger partial charge < -0.3 is 14.1 Å². The van der Waals surface area contributed by atoms with E-state index >= 15 is 0 Å². The summed E-state index contributed by atoms with van der Waals surface area (Å²) >= 11 is 0. The average Bonchev–Trinajstić information content (AvgIpc) is 2.52. The lowest BCUT2D eigenvalue weighted by Crippen LogP contribution is -2.33. The summed E-state index contributed by atoms with van der Waals surface area (Å²) in [5.41, 5.74) is -0.455. The zero-order valence-corrected chi connectivity index (χ0v) is 14.0. The van der Waals surface area contributed by atoms with Crippen molar-refractivity contribution < 1.29 is 13.9 Å². The van der Waals surface area contributed by atoms with Crippen LogP contribution in [0.2, 0.25) is 0 Å². The maximum absolute atomic E-state index is 12.2. The lowest BCUT2D eigenvalue weighted by atomic mass is 10.1. The van der Waals surface area contributed by atoms with Crippen LogP contribution in [-0.4, -0.2) is 40.5 Å². The quantitative estimate of drug-likeness (QED) is 0.811. The number of carbonyl (C=O) groups excluding carboxylic acids is 1. The number of hydrogen-bond donors (Lipinski definition) is 1. The Morgan fingerprint density at radius 3 is 2.71 bits per heavy atom. The Morgan fingerprint density at radius 1 is 1.33 bits per heavy atom. The van der Waals surface area contributed by atoms with Crippen molar-refractivity contribution in [2.45, 2.75) is 33.6 Å². The fourth-order valence-corrected chi connectivity index (χ4v) is 2.43. The van der Waals surface area contributed by atoms with Gasteiger partial charge in [-0.25, -0.2) is 4.79 Å². The van der Waals surface area contributed by atoms with Gasteiger partial charge in [-0.1, -0.05) is 13.8 Å². The molecule has 0 spiro atoms. The van der Waals surface area contributed by atoms with Gasteiger partial charge in [0, 0.05) is 19.5 Å². The molecule has 1 amide bonds. The molecule has 130 valence electrons. The van der Waals surface area contributed by atoms with E-state index in [1.807, 2.05) is 13.8 Å². The van der Waals surface area contributed by atoms with E-state index < -0.39 is 11.2 Å². The first-order chi connectivity index (χ1) is 11.5. The number of hydrogen-bond acceptors (Lipinski definition) is 6. The van der Waals surface area contributed by atoms with Crippen molar-refractivity contribution in [2.24, 2.45) is 0 Å². The molecule has 0 fully saturated rings. The average molecular weight is 335 g/mol. The van der Waals surface area contributed by atoms with Crippen LogP contribution in [0.25, 0.3) is 11.1 Å². The number of rotatable bonds is 7. The number of amides is 1. The van der Waals surface area contributed by atoms with Crippen LogP contribution in [0.15, 0.2) is 20.1 Å². The van der Waals surface area contributed by atoms with E-state index in [0.717, 1.165) is 6.42 Å². The first kappa shape index (κ1) is 17.7. The SMILES string of the molecule is CCCN(CCOc1nc2oc(=O)cc(CC)c2c(=O)[nH]1)C(C)=O. The zero-order chi connectivity index (χ0) is 17.7. The third kappa shape index (κ3) is 4.01. The van der Waals surface area contributed by atoms with E-state index in [-0.39, 0.29) is 29.6 Å². The summed E-state index contributed by atoms with van der Waals surface area (Å²) in [6, 6.07) is 1.25. The van der Waals surface area contributed by atoms with Crippen LogP contribution >= 0.6 is 0 Å². The van der Waals surface area contributed by atoms with E-state index in [9.17, 15) is 14.4 Å². The number of H-pyrrole nitrogens is 1. The minimum Gasteiger partial charge on any atom is -0.463 e. The number of aryl methyl sites for hydroxylation is 1. The van der Waals surface area contributed by atoms with Crippen LogP contribution in [0.3, 0.4) is 0 Å². The Bertz CT molecular complexity index is 840. The minimum absolute atomic E-state index is 0.0381. The summed E-state index contributed by atoms with van der Waals surface area (Å²) in [6.07, 6.45) is 1.35. The third-order valence-corrected chi connectivity index (χ3v) is 3.59. The molecule has 8 heteroatoms. The molecule has 1 N–H and O–H groups in total. The molecule has 0 aliphatic rings. The molecule has 8 nitrogen and oxygen atoms in total. The first-order valence-electron chi connectivity index (χ1n) is 7.91. The number of carbonyl (C=O) groups is 1. The number of nitrogens with zero attached hydrogens (tertiary/aromatic N) is 2. The smallest absolute Gasteiger partial charge is 0.337 e. The number of aromatic amines is 1. The van der Waals surface area contributed by atoms with Crippen LogP contribution in [0.4, 0.5) is 0 Å². The lowest BCUT2D eigenvalue weighted by molar-refractivity contribution is -0.129. The molecular weight excluding hydrogens is 314 g/mol. The molecule has 0 saturated heterocycles. The summed E-state index contributed by atoms with van der Waals surface area (Å²) in [6.45, 7) is 6.49. The van der Waals surface area contributed by atoms with Crippen molar-refractivity contribution in [3.8, 4) is 6.01 Å². The van der Waals surface area contributed by atoms with Crippen LogP contribution < -0.4 is 15.9 Å². The number of ether oxygens (including phenoxy) is 1. The highest BCUT2D eigenvalue weighted by Crippen LogP contribution is 2.13. The number of aromatic nitrogens is 2. The van der Waals surface area contributed by atoms with Crippen LogP contribution in [0.1, 0.15) is 32.8 Å². The molecular formula is C16H21N3O5. The van der Waals surface area contributed by atoms with Gasteiger partial charge in [0.1, 0.15) is 12.0 Å². The van der Waals surface area contributed by atoms with Crippen molar-refractivity contribution in [2.75, 3.05) is 19.7 Å². The highest BCUT2D eigenvalue weighted by Gasteiger charge is 2.13. The van der Waals surface area contributed by atoms with Gasteiger partial charge in [0.15, 0.2) is 0 Å². The first-order valence-corrected chi connectivity index (χ1v) is 7.91. The van der Waals surface area contributed by atoms with Crippen LogP contribution in [-0.2, 0) is 11.2 Å². The molecule has 2 rings (SSSR count). The number of fused-ring (bicyclic) bond motifs is 1. The fraction of sp³-hybridized carbons (Fsp3) is 0.500. The van der Waals surface area contributed by atoms with Gasteiger partial charge in [-0.05, 0) is 18.4 Å². The van der Waals surface area contributed by atoms with Gasteiger partial charge >= 0.3 is 5.63 Å². The van der Waals surface area contributed by atoms with Crippen molar-refractivity contribution in [3.05, 3.63) is 32.4 Å². The lowest BCUT2D eigenvalue weighted by Gasteiger charge is -2.19. The Balaban J connectivity index is 2.20. The molecule has 0 unspecified atom stereocenters. The van der Waals surface area contributed by atoms with Gasteiger partial charge in [-0.2, -0.15) is 4.98 Å². The maximum atomic E-state index is 12.2. The molecule has 2 aromatic heterocycles. The minimum atomic E-state index is -0.561. The van der Waals surface area contributed by atoms with Crippen LogP contribution in [0.5, 0.6) is 6.01 Å². The Morgan fingerprint density at radius 2 is 2.08 bits per heavy atom. The summed E-state index contributed by atoms with van der Waals surface area (Å²) in [4.78, 5) is 43.4. The predicted octanol–water partition coefficient (Wildman–Crippen LogP) is 1.08. The zero-order valence-electron chi connectivity index (χ0n) is 14.0. The van der Waals surface area contributed by atoms with Crippen molar-refractivity contribution >= 4 is 17.0 Å². The Kier molecular flexibility index (Phi) is 5.73. The molecule has 0 aliphatic heterocycles. The summed E-state index contributed by atoms with van der Waals surface area (Å²) < 4.78 is 10.4. The van der Waals surface area contributed by atoms with E-state index in [2.05, 4.69) is 9.97 Å². The third-order valence-electron chi connectivity index (χ3n) is 3.59. The Labute approximate surface area is 138 Å². The molecule has 0 bridgehead atoms. The maximum Gasteiger partial charge on any atom is 0.337 e. The second-order valence-electron chi connectivity index (χ2n) is 5.35. The van der Waals surface area contributed by atoms with Crippen molar-refractivity contribution in [1.82, 2.24) is 14.9 Å². The van der Waals surface area contributed by atoms with Gasteiger partial charge in [-0.3, -0.25) is 14.6 Å². The molecule has 0 saturated carbocycles. The topological polar surface area (TPSA) is 106 Å². The van der Waals surface area contributed by atoms with Crippen LogP contribution in [0, 0.1) is 0 Å². The highest BCUT2D eigenvalue weighted by molar-refractivity contribution is 5.75. The molecule has 0 aliphatic carbocycles. The molecule has 2 heterocycles. The molecule has 24 heavy (non-hydrogen) atoms. The summed E-state index contributed by atoms with van der Waals surface area (Å²) in [5, 5.41) is 0.251. The largest absolute Gasteiger partial charge is 0.463 e. The van der Waals surface area contributed by atoms with E-state index in [0.29, 0.717) is 25.1 Å². The second kappa shape index (κ2) is 7.76. The highest BCUT2D eigenvalue weighted by atomic mass is 16.5. The van der Waals surface area contributed by atoms with Crippen molar-refractivity contribution in [1.29, 1.82) is 0 Å². The standard InChI is InChI=1S/C16H21N3O5/c1-4-6-19(10(3)20)7-8-23-16-17-14(22)13-11(5-2)9-12(21)24-15(13)18-16/h9H,4-8H2,1-3H3,(H,17,18,22). The van der Waals surface area contributed by atoms with Gasteiger partial charge in [-0.15, -0.1) is 0 Å².